The van der Waals surface area contributed by atoms with Crippen LogP contribution in [0.2, 0.25) is 0 Å². The first-order chi connectivity index (χ1) is 16.6. The van der Waals surface area contributed by atoms with E-state index in [0.29, 0.717) is 37.1 Å². The van der Waals surface area contributed by atoms with E-state index in [9.17, 15) is 9.59 Å². The normalized spacial score (nSPS) is 36.0. The summed E-state index contributed by atoms with van der Waals surface area (Å²) in [5.74, 6) is 1.92. The van der Waals surface area contributed by atoms with Gasteiger partial charge in [-0.15, -0.1) is 0 Å². The van der Waals surface area contributed by atoms with Gasteiger partial charge in [0.2, 0.25) is 11.8 Å². The first kappa shape index (κ1) is 25.8. The minimum atomic E-state index is -0.120. The average Bonchev–Trinajstić information content (AvgIpc) is 3.34. The van der Waals surface area contributed by atoms with Gasteiger partial charge in [0.1, 0.15) is 6.23 Å². The van der Waals surface area contributed by atoms with E-state index in [-0.39, 0.29) is 36.3 Å². The molecule has 4 fully saturated rings. The highest BCUT2D eigenvalue weighted by molar-refractivity contribution is 5.79. The quantitative estimate of drug-likeness (QED) is 0.241. The number of methoxy groups -OCH3 is 1. The lowest BCUT2D eigenvalue weighted by Crippen LogP contribution is -2.64. The summed E-state index contributed by atoms with van der Waals surface area (Å²) < 4.78 is 5.29. The lowest BCUT2D eigenvalue weighted by atomic mass is 9.76. The van der Waals surface area contributed by atoms with Crippen LogP contribution in [0, 0.1) is 23.7 Å². The highest BCUT2D eigenvalue weighted by Crippen LogP contribution is 2.33. The Morgan fingerprint density at radius 2 is 1.94 bits per heavy atom. The van der Waals surface area contributed by atoms with Gasteiger partial charge in [0.25, 0.3) is 0 Å². The molecule has 4 aliphatic rings. The number of hydrogen-bond acceptors (Lipinski definition) is 8. The van der Waals surface area contributed by atoms with E-state index >= 15 is 0 Å². The molecule has 2 aliphatic carbocycles. The molecule has 0 aromatic carbocycles. The highest BCUT2D eigenvalue weighted by Gasteiger charge is 2.39. The molecule has 2 amide bonds. The summed E-state index contributed by atoms with van der Waals surface area (Å²) >= 11 is 0. The number of carbonyl (C=O) groups excluding carboxylic acids is 2. The maximum Gasteiger partial charge on any atom is 0.237 e. The Hall–Kier alpha value is -1.30. The maximum absolute atomic E-state index is 12.3. The monoisotopic (exact) mass is 480 g/mol. The lowest BCUT2D eigenvalue weighted by molar-refractivity contribution is -0.134. The zero-order valence-corrected chi connectivity index (χ0v) is 20.6. The Balaban J connectivity index is 1.04. The predicted octanol–water partition coefficient (Wildman–Crippen LogP) is 0.859. The number of fused-ring (bicyclic) bond motifs is 1. The maximum atomic E-state index is 12.3. The van der Waals surface area contributed by atoms with Crippen molar-refractivity contribution in [1.29, 1.82) is 0 Å². The number of ether oxygens (including phenoxy) is 1. The Labute approximate surface area is 203 Å². The molecular weight excluding hydrogens is 436 g/mol. The Morgan fingerprint density at radius 1 is 1.12 bits per heavy atom. The van der Waals surface area contributed by atoms with Crippen molar-refractivity contribution in [2.75, 3.05) is 26.8 Å². The van der Waals surface area contributed by atoms with Crippen LogP contribution in [0.4, 0.5) is 0 Å². The van der Waals surface area contributed by atoms with Gasteiger partial charge in [0.15, 0.2) is 0 Å². The van der Waals surface area contributed by atoms with Gasteiger partial charge in [-0.05, 0) is 69.7 Å². The van der Waals surface area contributed by atoms with Gasteiger partial charge >= 0.3 is 0 Å². The summed E-state index contributed by atoms with van der Waals surface area (Å²) in [7, 11) is 1.78. The van der Waals surface area contributed by atoms with Crippen LogP contribution >= 0.6 is 0 Å². The topological polar surface area (TPSA) is 125 Å². The first-order valence-corrected chi connectivity index (χ1v) is 13.4. The smallest absolute Gasteiger partial charge is 0.237 e. The van der Waals surface area contributed by atoms with Crippen LogP contribution in [0.15, 0.2) is 0 Å². The van der Waals surface area contributed by atoms with E-state index in [4.69, 9.17) is 9.57 Å². The van der Waals surface area contributed by atoms with E-state index in [1.54, 1.807) is 7.11 Å². The number of carbonyl (C=O) groups is 2. The van der Waals surface area contributed by atoms with Gasteiger partial charge in [-0.3, -0.25) is 25.2 Å². The number of nitrogens with one attached hydrogen (secondary N) is 6. The van der Waals surface area contributed by atoms with Crippen LogP contribution in [-0.4, -0.2) is 57.2 Å². The number of rotatable bonds is 11. The number of hydroxylamine groups is 1. The third-order valence-corrected chi connectivity index (χ3v) is 8.08. The number of hydrogen-bond donors (Lipinski definition) is 6. The van der Waals surface area contributed by atoms with Gasteiger partial charge in [0.05, 0.1) is 12.3 Å². The van der Waals surface area contributed by atoms with Gasteiger partial charge in [0, 0.05) is 38.5 Å². The third-order valence-electron chi connectivity index (χ3n) is 8.08. The van der Waals surface area contributed by atoms with Gasteiger partial charge in [-0.2, -0.15) is 5.48 Å². The SMILES string of the molecule is COCC1CCC(C2NOC(CCC(=O)NCCCNC3NNC(=O)C4CCCCC34)N2)CC1. The minimum absolute atomic E-state index is 0.0596. The second-order valence-corrected chi connectivity index (χ2v) is 10.5. The molecule has 10 nitrogen and oxygen atoms in total. The molecule has 34 heavy (non-hydrogen) atoms. The predicted molar refractivity (Wildman–Crippen MR) is 128 cm³/mol. The van der Waals surface area contributed by atoms with Crippen molar-refractivity contribution in [3.05, 3.63) is 0 Å². The van der Waals surface area contributed by atoms with Gasteiger partial charge in [-0.1, -0.05) is 12.8 Å². The standard InChI is InChI=1S/C24H44N6O4/c1-33-15-16-7-9-17(10-8-16)22-27-21(34-30-22)12-11-20(31)25-13-4-14-26-23-18-5-2-3-6-19(18)24(32)29-28-23/h16-19,21-23,26-28,30H,2-15H2,1H3,(H,25,31)(H,29,32). The number of amides is 2. The molecule has 5 atom stereocenters. The molecule has 0 bridgehead atoms. The van der Waals surface area contributed by atoms with Crippen molar-refractivity contribution < 1.29 is 19.2 Å². The molecule has 2 heterocycles. The van der Waals surface area contributed by atoms with Crippen molar-refractivity contribution in [2.24, 2.45) is 23.7 Å². The molecule has 4 rings (SSSR count). The fourth-order valence-electron chi connectivity index (χ4n) is 6.08. The van der Waals surface area contributed by atoms with E-state index in [1.807, 2.05) is 0 Å². The Kier molecular flexibility index (Phi) is 9.96. The van der Waals surface area contributed by atoms with E-state index in [0.717, 1.165) is 38.8 Å². The fourth-order valence-corrected chi connectivity index (χ4v) is 6.08. The molecule has 194 valence electrons. The summed E-state index contributed by atoms with van der Waals surface area (Å²) in [4.78, 5) is 30.0. The van der Waals surface area contributed by atoms with Crippen molar-refractivity contribution >= 4 is 11.8 Å². The van der Waals surface area contributed by atoms with Crippen molar-refractivity contribution in [3.63, 3.8) is 0 Å². The van der Waals surface area contributed by atoms with E-state index < -0.39 is 0 Å². The summed E-state index contributed by atoms with van der Waals surface area (Å²) in [6, 6.07) is 0. The van der Waals surface area contributed by atoms with Crippen LogP contribution < -0.4 is 32.3 Å². The van der Waals surface area contributed by atoms with Crippen molar-refractivity contribution in [2.45, 2.75) is 89.2 Å². The van der Waals surface area contributed by atoms with Crippen LogP contribution in [0.3, 0.4) is 0 Å². The Morgan fingerprint density at radius 3 is 2.76 bits per heavy atom. The fraction of sp³-hybridized carbons (Fsp3) is 0.917. The third kappa shape index (κ3) is 7.11. The molecule has 0 radical (unpaired) electrons. The van der Waals surface area contributed by atoms with Crippen LogP contribution in [0.25, 0.3) is 0 Å². The van der Waals surface area contributed by atoms with E-state index in [1.165, 1.54) is 32.1 Å². The molecule has 10 heteroatoms. The zero-order valence-electron chi connectivity index (χ0n) is 20.6. The minimum Gasteiger partial charge on any atom is -0.384 e. The van der Waals surface area contributed by atoms with E-state index in [2.05, 4.69) is 32.3 Å². The van der Waals surface area contributed by atoms with Crippen molar-refractivity contribution in [3.8, 4) is 0 Å². The van der Waals surface area contributed by atoms with Gasteiger partial charge < -0.3 is 15.4 Å². The summed E-state index contributed by atoms with van der Waals surface area (Å²) in [6.45, 7) is 2.30. The van der Waals surface area contributed by atoms with Crippen LogP contribution in [0.5, 0.6) is 0 Å². The molecule has 6 N–H and O–H groups in total. The summed E-state index contributed by atoms with van der Waals surface area (Å²) in [6.07, 6.45) is 11.3. The van der Waals surface area contributed by atoms with Crippen LogP contribution in [-0.2, 0) is 19.2 Å². The number of hydrazine groups is 1. The molecule has 0 spiro atoms. The molecule has 0 aromatic heterocycles. The molecular formula is C24H44N6O4. The second kappa shape index (κ2) is 13.1. The van der Waals surface area contributed by atoms with Gasteiger partial charge in [-0.25, -0.2) is 5.43 Å². The largest absolute Gasteiger partial charge is 0.384 e. The van der Waals surface area contributed by atoms with Crippen LogP contribution in [0.1, 0.15) is 70.6 Å². The molecule has 5 unspecified atom stereocenters. The lowest BCUT2D eigenvalue weighted by Gasteiger charge is -2.41. The van der Waals surface area contributed by atoms with Crippen molar-refractivity contribution in [1.82, 2.24) is 32.3 Å². The second-order valence-electron chi connectivity index (χ2n) is 10.5. The molecule has 2 aliphatic heterocycles. The summed E-state index contributed by atoms with van der Waals surface area (Å²) in [5, 5.41) is 10.0. The Bertz CT molecular complexity index is 659. The molecule has 2 saturated heterocycles. The first-order valence-electron chi connectivity index (χ1n) is 13.4. The molecule has 0 aromatic rings. The summed E-state index contributed by atoms with van der Waals surface area (Å²) in [5.41, 5.74) is 9.09. The zero-order chi connectivity index (χ0) is 23.8. The molecule has 2 saturated carbocycles. The average molecular weight is 481 g/mol. The highest BCUT2D eigenvalue weighted by atomic mass is 16.7.